The van der Waals surface area contributed by atoms with Crippen LogP contribution in [-0.2, 0) is 6.18 Å². The van der Waals surface area contributed by atoms with Gasteiger partial charge in [0.25, 0.3) is 0 Å². The van der Waals surface area contributed by atoms with Crippen molar-refractivity contribution in [3.63, 3.8) is 0 Å². The Labute approximate surface area is 137 Å². The summed E-state index contributed by atoms with van der Waals surface area (Å²) in [5.41, 5.74) is 7.17. The molecule has 0 fully saturated rings. The highest BCUT2D eigenvalue weighted by molar-refractivity contribution is 7.99. The minimum absolute atomic E-state index is 0.174. The molecule has 0 spiro atoms. The highest BCUT2D eigenvalue weighted by atomic mass is 32.2. The second-order valence-electron chi connectivity index (χ2n) is 5.48. The molecule has 122 valence electrons. The zero-order valence-corrected chi connectivity index (χ0v) is 13.5. The first-order chi connectivity index (χ1) is 10.9. The quantitative estimate of drug-likeness (QED) is 0.729. The molecule has 0 bridgehead atoms. The third-order valence-corrected chi connectivity index (χ3v) is 4.91. The van der Waals surface area contributed by atoms with E-state index in [-0.39, 0.29) is 5.69 Å². The summed E-state index contributed by atoms with van der Waals surface area (Å²) in [6, 6.07) is 9.98. The zero-order valence-electron chi connectivity index (χ0n) is 12.7. The van der Waals surface area contributed by atoms with Crippen molar-refractivity contribution in [3.8, 4) is 0 Å². The first kappa shape index (κ1) is 16.1. The summed E-state index contributed by atoms with van der Waals surface area (Å²) in [4.78, 5) is 3.56. The van der Waals surface area contributed by atoms with Gasteiger partial charge in [-0.3, -0.25) is 0 Å². The molecule has 2 N–H and O–H groups in total. The Morgan fingerprint density at radius 2 is 1.87 bits per heavy atom. The molecule has 0 atom stereocenters. The Balaban J connectivity index is 2.14. The van der Waals surface area contributed by atoms with Crippen molar-refractivity contribution < 1.29 is 13.2 Å². The summed E-state index contributed by atoms with van der Waals surface area (Å²) in [6.07, 6.45) is -2.45. The number of nitrogens with two attached hydrogens (primary N) is 1. The molecule has 0 unspecified atom stereocenters. The Bertz CT molecular complexity index is 728. The maximum atomic E-state index is 13.1. The zero-order chi connectivity index (χ0) is 16.6. The van der Waals surface area contributed by atoms with Crippen LogP contribution in [0.5, 0.6) is 0 Å². The molecule has 0 aromatic heterocycles. The van der Waals surface area contributed by atoms with Crippen LogP contribution in [0.25, 0.3) is 0 Å². The van der Waals surface area contributed by atoms with Gasteiger partial charge in [0.2, 0.25) is 0 Å². The lowest BCUT2D eigenvalue weighted by Crippen LogP contribution is -2.23. The van der Waals surface area contributed by atoms with Crippen LogP contribution in [0.4, 0.5) is 30.2 Å². The summed E-state index contributed by atoms with van der Waals surface area (Å²) < 4.78 is 39.2. The van der Waals surface area contributed by atoms with Crippen LogP contribution in [0, 0.1) is 0 Å². The average molecular weight is 338 g/mol. The highest BCUT2D eigenvalue weighted by Gasteiger charge is 2.34. The standard InChI is InChI=1S/C17H17F3N2S/c1-2-3-8-22-13-6-4-5-7-14(13)23-15-10-11(17(18,19)20)9-12(21)16(15)22/h4-7,9-10H,2-3,8,21H2,1H3. The van der Waals surface area contributed by atoms with Gasteiger partial charge in [0, 0.05) is 16.3 Å². The minimum Gasteiger partial charge on any atom is -0.397 e. The molecule has 2 aromatic rings. The van der Waals surface area contributed by atoms with Crippen molar-refractivity contribution in [2.24, 2.45) is 0 Å². The second kappa shape index (κ2) is 6.00. The van der Waals surface area contributed by atoms with Gasteiger partial charge in [0.15, 0.2) is 0 Å². The van der Waals surface area contributed by atoms with Crippen molar-refractivity contribution in [1.29, 1.82) is 0 Å². The fourth-order valence-corrected chi connectivity index (χ4v) is 3.89. The van der Waals surface area contributed by atoms with Gasteiger partial charge < -0.3 is 10.6 Å². The number of nitrogens with zero attached hydrogens (tertiary/aromatic N) is 1. The summed E-state index contributed by atoms with van der Waals surface area (Å²) in [5, 5.41) is 0. The molecule has 0 saturated heterocycles. The minimum atomic E-state index is -4.39. The molecule has 3 rings (SSSR count). The summed E-state index contributed by atoms with van der Waals surface area (Å²) in [6.45, 7) is 2.82. The van der Waals surface area contributed by atoms with Gasteiger partial charge in [0.1, 0.15) is 0 Å². The Kier molecular flexibility index (Phi) is 4.19. The SMILES string of the molecule is CCCCN1c2ccccc2Sc2cc(C(F)(F)F)cc(N)c21. The van der Waals surface area contributed by atoms with Crippen LogP contribution in [0.2, 0.25) is 0 Å². The van der Waals surface area contributed by atoms with E-state index >= 15 is 0 Å². The number of nitrogen functional groups attached to an aromatic ring is 1. The van der Waals surface area contributed by atoms with E-state index in [0.29, 0.717) is 10.6 Å². The van der Waals surface area contributed by atoms with Gasteiger partial charge in [-0.15, -0.1) is 0 Å². The van der Waals surface area contributed by atoms with E-state index in [1.807, 2.05) is 29.2 Å². The van der Waals surface area contributed by atoms with Gasteiger partial charge in [-0.2, -0.15) is 13.2 Å². The maximum Gasteiger partial charge on any atom is 0.416 e. The number of fused-ring (bicyclic) bond motifs is 2. The smallest absolute Gasteiger partial charge is 0.397 e. The lowest BCUT2D eigenvalue weighted by atomic mass is 10.1. The normalized spacial score (nSPS) is 13.7. The van der Waals surface area contributed by atoms with E-state index in [4.69, 9.17) is 5.73 Å². The molecule has 0 radical (unpaired) electrons. The predicted molar refractivity (Wildman–Crippen MR) is 88.3 cm³/mol. The number of hydrogen-bond acceptors (Lipinski definition) is 3. The molecule has 2 aromatic carbocycles. The van der Waals surface area contributed by atoms with Crippen LogP contribution in [0.15, 0.2) is 46.2 Å². The summed E-state index contributed by atoms with van der Waals surface area (Å²) in [5.74, 6) is 0. The molecule has 1 heterocycles. The number of para-hydroxylation sites is 1. The molecular weight excluding hydrogens is 321 g/mol. The summed E-state index contributed by atoms with van der Waals surface area (Å²) in [7, 11) is 0. The van der Waals surface area contributed by atoms with E-state index in [1.54, 1.807) is 0 Å². The number of unbranched alkanes of at least 4 members (excludes halogenated alkanes) is 1. The fraction of sp³-hybridized carbons (Fsp3) is 0.294. The van der Waals surface area contributed by atoms with Crippen LogP contribution in [0.3, 0.4) is 0 Å². The van der Waals surface area contributed by atoms with Crippen LogP contribution >= 0.6 is 11.8 Å². The number of anilines is 3. The molecule has 2 nitrogen and oxygen atoms in total. The monoisotopic (exact) mass is 338 g/mol. The number of hydrogen-bond donors (Lipinski definition) is 1. The van der Waals surface area contributed by atoms with Crippen molar-refractivity contribution in [3.05, 3.63) is 42.0 Å². The largest absolute Gasteiger partial charge is 0.416 e. The Morgan fingerprint density at radius 1 is 1.13 bits per heavy atom. The molecule has 1 aliphatic heterocycles. The van der Waals surface area contributed by atoms with Crippen LogP contribution in [0.1, 0.15) is 25.3 Å². The third kappa shape index (κ3) is 3.00. The number of rotatable bonds is 3. The Hall–Kier alpha value is -1.82. The molecule has 0 amide bonds. The second-order valence-corrected chi connectivity index (χ2v) is 6.57. The van der Waals surface area contributed by atoms with Crippen LogP contribution < -0.4 is 10.6 Å². The van der Waals surface area contributed by atoms with E-state index in [9.17, 15) is 13.2 Å². The molecule has 23 heavy (non-hydrogen) atoms. The third-order valence-electron chi connectivity index (χ3n) is 3.81. The Morgan fingerprint density at radius 3 is 2.57 bits per heavy atom. The highest BCUT2D eigenvalue weighted by Crippen LogP contribution is 2.52. The average Bonchev–Trinajstić information content (AvgIpc) is 2.50. The van der Waals surface area contributed by atoms with Crippen molar-refractivity contribution in [1.82, 2.24) is 0 Å². The van der Waals surface area contributed by atoms with Crippen molar-refractivity contribution in [2.45, 2.75) is 35.7 Å². The number of benzene rings is 2. The fourth-order valence-electron chi connectivity index (χ4n) is 2.71. The lowest BCUT2D eigenvalue weighted by Gasteiger charge is -2.34. The maximum absolute atomic E-state index is 13.1. The van der Waals surface area contributed by atoms with Crippen molar-refractivity contribution in [2.75, 3.05) is 17.2 Å². The van der Waals surface area contributed by atoms with Gasteiger partial charge in [-0.25, -0.2) is 0 Å². The summed E-state index contributed by atoms with van der Waals surface area (Å²) >= 11 is 1.34. The topological polar surface area (TPSA) is 29.3 Å². The van der Waals surface area contributed by atoms with Gasteiger partial charge in [-0.1, -0.05) is 37.2 Å². The predicted octanol–water partition coefficient (Wildman–Crippen LogP) is 5.69. The number of halogens is 3. The first-order valence-electron chi connectivity index (χ1n) is 7.47. The number of alkyl halides is 3. The lowest BCUT2D eigenvalue weighted by molar-refractivity contribution is -0.137. The van der Waals surface area contributed by atoms with Gasteiger partial charge in [0.05, 0.1) is 22.6 Å². The molecule has 0 saturated carbocycles. The molecular formula is C17H17F3N2S. The van der Waals surface area contributed by atoms with E-state index < -0.39 is 11.7 Å². The van der Waals surface area contributed by atoms with E-state index in [1.165, 1.54) is 17.8 Å². The van der Waals surface area contributed by atoms with Crippen molar-refractivity contribution >= 4 is 28.8 Å². The molecule has 0 aliphatic carbocycles. The van der Waals surface area contributed by atoms with E-state index in [2.05, 4.69) is 6.92 Å². The van der Waals surface area contributed by atoms with Crippen LogP contribution in [-0.4, -0.2) is 6.54 Å². The first-order valence-corrected chi connectivity index (χ1v) is 8.28. The molecule has 1 aliphatic rings. The molecule has 6 heteroatoms. The van der Waals surface area contributed by atoms with Gasteiger partial charge in [-0.05, 0) is 30.7 Å². The van der Waals surface area contributed by atoms with Gasteiger partial charge >= 0.3 is 6.18 Å². The van der Waals surface area contributed by atoms with E-state index in [0.717, 1.165) is 36.0 Å².